The Morgan fingerprint density at radius 1 is 1.11 bits per heavy atom. The molecule has 0 unspecified atom stereocenters. The highest BCUT2D eigenvalue weighted by atomic mass is 32.1. The van der Waals surface area contributed by atoms with Crippen LogP contribution in [0.5, 0.6) is 0 Å². The molecule has 1 aliphatic carbocycles. The van der Waals surface area contributed by atoms with E-state index in [2.05, 4.69) is 4.90 Å². The van der Waals surface area contributed by atoms with E-state index in [0.29, 0.717) is 26.1 Å². The molecule has 3 heterocycles. The Bertz CT molecular complexity index is 909. The van der Waals surface area contributed by atoms with Crippen LogP contribution in [0.1, 0.15) is 50.0 Å². The van der Waals surface area contributed by atoms with Crippen molar-refractivity contribution in [3.05, 3.63) is 20.8 Å². The van der Waals surface area contributed by atoms with Crippen LogP contribution in [0, 0.1) is 0 Å². The molecule has 0 aromatic carbocycles. The van der Waals surface area contributed by atoms with E-state index in [0.717, 1.165) is 48.5 Å². The van der Waals surface area contributed by atoms with Gasteiger partial charge < -0.3 is 9.80 Å². The summed E-state index contributed by atoms with van der Waals surface area (Å²) in [6, 6.07) is 0. The standard InChI is InChI=1S/C20H28N4O2S/c1-3-7-16(25)22-10-12-23(13-11-22)20-21-18-17(19(26)24(20)4-2)14-8-5-6-9-15(14)27-18/h3-13H2,1-2H3. The first kappa shape index (κ1) is 18.5. The molecule has 4 rings (SSSR count). The number of amides is 1. The minimum atomic E-state index is 0.112. The van der Waals surface area contributed by atoms with Crippen molar-refractivity contribution >= 4 is 33.4 Å². The molecule has 7 heteroatoms. The molecule has 2 aromatic rings. The van der Waals surface area contributed by atoms with E-state index in [1.165, 1.54) is 23.3 Å². The van der Waals surface area contributed by atoms with Crippen molar-refractivity contribution in [3.8, 4) is 0 Å². The van der Waals surface area contributed by atoms with Gasteiger partial charge in [-0.15, -0.1) is 11.3 Å². The van der Waals surface area contributed by atoms with Gasteiger partial charge in [-0.25, -0.2) is 4.98 Å². The normalized spacial score (nSPS) is 17.4. The number of hydrogen-bond acceptors (Lipinski definition) is 5. The van der Waals surface area contributed by atoms with Gasteiger partial charge in [0.2, 0.25) is 11.9 Å². The van der Waals surface area contributed by atoms with Crippen molar-refractivity contribution in [3.63, 3.8) is 0 Å². The summed E-state index contributed by atoms with van der Waals surface area (Å²) >= 11 is 1.71. The van der Waals surface area contributed by atoms with Crippen LogP contribution >= 0.6 is 11.3 Å². The van der Waals surface area contributed by atoms with Gasteiger partial charge in [0.15, 0.2) is 0 Å². The van der Waals surface area contributed by atoms with Crippen LogP contribution in [0.2, 0.25) is 0 Å². The van der Waals surface area contributed by atoms with Crippen LogP contribution in [0.4, 0.5) is 5.95 Å². The van der Waals surface area contributed by atoms with Crippen LogP contribution in [0.15, 0.2) is 4.79 Å². The van der Waals surface area contributed by atoms with Crippen molar-refractivity contribution in [1.82, 2.24) is 14.5 Å². The first-order valence-corrected chi connectivity index (χ1v) is 11.0. The quantitative estimate of drug-likeness (QED) is 0.808. The maximum atomic E-state index is 13.3. The van der Waals surface area contributed by atoms with Crippen molar-refractivity contribution in [1.29, 1.82) is 0 Å². The lowest BCUT2D eigenvalue weighted by molar-refractivity contribution is -0.131. The number of rotatable bonds is 4. The first-order chi connectivity index (χ1) is 13.1. The Hall–Kier alpha value is -1.89. The number of carbonyl (C=O) groups excluding carboxylic acids is 1. The average molecular weight is 389 g/mol. The molecule has 0 atom stereocenters. The third-order valence-corrected chi connectivity index (χ3v) is 6.94. The molecule has 27 heavy (non-hydrogen) atoms. The van der Waals surface area contributed by atoms with Crippen LogP contribution < -0.4 is 10.5 Å². The van der Waals surface area contributed by atoms with Gasteiger partial charge in [0, 0.05) is 44.0 Å². The number of nitrogens with zero attached hydrogens (tertiary/aromatic N) is 4. The lowest BCUT2D eigenvalue weighted by atomic mass is 9.97. The summed E-state index contributed by atoms with van der Waals surface area (Å²) in [7, 11) is 0. The van der Waals surface area contributed by atoms with Crippen molar-refractivity contribution < 1.29 is 4.79 Å². The first-order valence-electron chi connectivity index (χ1n) is 10.2. The van der Waals surface area contributed by atoms with Crippen molar-refractivity contribution in [2.45, 2.75) is 58.9 Å². The monoisotopic (exact) mass is 388 g/mol. The molecule has 1 saturated heterocycles. The number of hydrogen-bond donors (Lipinski definition) is 0. The number of carbonyl (C=O) groups is 1. The second kappa shape index (κ2) is 7.62. The van der Waals surface area contributed by atoms with Gasteiger partial charge in [-0.2, -0.15) is 0 Å². The number of anilines is 1. The van der Waals surface area contributed by atoms with Crippen LogP contribution in [0.25, 0.3) is 10.2 Å². The van der Waals surface area contributed by atoms with E-state index in [1.807, 2.05) is 23.3 Å². The Morgan fingerprint density at radius 2 is 1.85 bits per heavy atom. The summed E-state index contributed by atoms with van der Waals surface area (Å²) in [4.78, 5) is 36.7. The molecule has 1 amide bonds. The Balaban J connectivity index is 1.66. The second-order valence-corrected chi connectivity index (χ2v) is 8.55. The SMILES string of the molecule is CCCC(=O)N1CCN(c2nc3sc4c(c3c(=O)n2CC)CCCC4)CC1. The summed E-state index contributed by atoms with van der Waals surface area (Å²) in [6.07, 6.45) is 5.96. The third-order valence-electron chi connectivity index (χ3n) is 5.75. The van der Waals surface area contributed by atoms with Crippen molar-refractivity contribution in [2.75, 3.05) is 31.1 Å². The molecule has 2 aromatic heterocycles. The predicted octanol–water partition coefficient (Wildman–Crippen LogP) is 2.81. The molecule has 2 aliphatic rings. The number of thiophene rings is 1. The Kier molecular flexibility index (Phi) is 5.21. The van der Waals surface area contributed by atoms with E-state index in [-0.39, 0.29) is 11.5 Å². The summed E-state index contributed by atoms with van der Waals surface area (Å²) in [5, 5.41) is 0.858. The highest BCUT2D eigenvalue weighted by Gasteiger charge is 2.26. The fourth-order valence-electron chi connectivity index (χ4n) is 4.28. The summed E-state index contributed by atoms with van der Waals surface area (Å²) in [5.74, 6) is 1.01. The Morgan fingerprint density at radius 3 is 2.56 bits per heavy atom. The molecule has 0 radical (unpaired) electrons. The molecule has 146 valence electrons. The smallest absolute Gasteiger partial charge is 0.263 e. The summed E-state index contributed by atoms with van der Waals surface area (Å²) < 4.78 is 1.83. The molecule has 1 aliphatic heterocycles. The van der Waals surface area contributed by atoms with Crippen LogP contribution in [-0.2, 0) is 24.2 Å². The van der Waals surface area contributed by atoms with E-state index in [4.69, 9.17) is 4.98 Å². The fraction of sp³-hybridized carbons (Fsp3) is 0.650. The molecule has 6 nitrogen and oxygen atoms in total. The number of piperazine rings is 1. The van der Waals surface area contributed by atoms with Gasteiger partial charge in [-0.1, -0.05) is 6.92 Å². The second-order valence-electron chi connectivity index (χ2n) is 7.47. The number of aryl methyl sites for hydroxylation is 2. The molecule has 0 bridgehead atoms. The zero-order valence-electron chi connectivity index (χ0n) is 16.3. The van der Waals surface area contributed by atoms with Gasteiger partial charge in [0.05, 0.1) is 5.39 Å². The summed E-state index contributed by atoms with van der Waals surface area (Å²) in [6.45, 7) is 7.55. The van der Waals surface area contributed by atoms with Gasteiger partial charge in [0.25, 0.3) is 5.56 Å². The van der Waals surface area contributed by atoms with Gasteiger partial charge >= 0.3 is 0 Å². The Labute approximate surface area is 163 Å². The molecule has 1 fully saturated rings. The van der Waals surface area contributed by atoms with E-state index in [9.17, 15) is 9.59 Å². The maximum absolute atomic E-state index is 13.3. The topological polar surface area (TPSA) is 58.4 Å². The highest BCUT2D eigenvalue weighted by molar-refractivity contribution is 7.18. The lowest BCUT2D eigenvalue weighted by Gasteiger charge is -2.36. The highest BCUT2D eigenvalue weighted by Crippen LogP contribution is 2.34. The maximum Gasteiger partial charge on any atom is 0.263 e. The number of aromatic nitrogens is 2. The zero-order valence-corrected chi connectivity index (χ0v) is 17.1. The minimum absolute atomic E-state index is 0.112. The van der Waals surface area contributed by atoms with Crippen LogP contribution in [-0.4, -0.2) is 46.5 Å². The van der Waals surface area contributed by atoms with Crippen molar-refractivity contribution in [2.24, 2.45) is 0 Å². The summed E-state index contributed by atoms with van der Waals surface area (Å²) in [5.41, 5.74) is 1.36. The number of fused-ring (bicyclic) bond motifs is 3. The van der Waals surface area contributed by atoms with Gasteiger partial charge in [0.1, 0.15) is 4.83 Å². The van der Waals surface area contributed by atoms with E-state index < -0.39 is 0 Å². The molecular formula is C20H28N4O2S. The fourth-order valence-corrected chi connectivity index (χ4v) is 5.53. The van der Waals surface area contributed by atoms with E-state index in [1.54, 1.807) is 11.3 Å². The third kappa shape index (κ3) is 3.26. The van der Waals surface area contributed by atoms with Crippen LogP contribution in [0.3, 0.4) is 0 Å². The average Bonchev–Trinajstić information content (AvgIpc) is 3.07. The van der Waals surface area contributed by atoms with Gasteiger partial charge in [-0.05, 0) is 44.6 Å². The molecule has 0 spiro atoms. The van der Waals surface area contributed by atoms with E-state index >= 15 is 0 Å². The zero-order chi connectivity index (χ0) is 19.0. The lowest BCUT2D eigenvalue weighted by Crippen LogP contribution is -2.50. The van der Waals surface area contributed by atoms with Gasteiger partial charge in [-0.3, -0.25) is 14.2 Å². The molecular weight excluding hydrogens is 360 g/mol. The predicted molar refractivity (Wildman–Crippen MR) is 110 cm³/mol. The minimum Gasteiger partial charge on any atom is -0.339 e. The largest absolute Gasteiger partial charge is 0.339 e. The molecule has 0 saturated carbocycles. The molecule has 0 N–H and O–H groups in total.